The lowest BCUT2D eigenvalue weighted by Gasteiger charge is -2.32. The Morgan fingerprint density at radius 2 is 1.84 bits per heavy atom. The predicted octanol–water partition coefficient (Wildman–Crippen LogP) is 3.54. The minimum atomic E-state index is -5.36. The number of aromatic nitrogens is 2. The molecule has 234 valence electrons. The van der Waals surface area contributed by atoms with Gasteiger partial charge in [-0.15, -0.1) is 0 Å². The molecule has 3 N–H and O–H groups in total. The number of halogens is 4. The summed E-state index contributed by atoms with van der Waals surface area (Å²) in [4.78, 5) is 37.7. The molecule has 2 heterocycles. The molecule has 1 saturated heterocycles. The number of aliphatic hydroxyl groups is 1. The first-order chi connectivity index (χ1) is 20.1. The van der Waals surface area contributed by atoms with E-state index in [1.165, 1.54) is 32.9 Å². The normalized spacial score (nSPS) is 21.8. The van der Waals surface area contributed by atoms with Gasteiger partial charge in [0.2, 0.25) is 5.82 Å². The smallest absolute Gasteiger partial charge is 0.460 e. The van der Waals surface area contributed by atoms with E-state index in [9.17, 15) is 41.6 Å². The van der Waals surface area contributed by atoms with Crippen LogP contribution < -0.4 is 20.9 Å². The van der Waals surface area contributed by atoms with E-state index >= 15 is 0 Å². The number of carbonyl (C=O) groups excluding carboxylic acids is 1. The molecule has 0 spiro atoms. The average molecular weight is 633 g/mol. The summed E-state index contributed by atoms with van der Waals surface area (Å²) in [5, 5.41) is 13.7. The molecule has 0 saturated carbocycles. The van der Waals surface area contributed by atoms with E-state index in [1.807, 2.05) is 0 Å². The highest BCUT2D eigenvalue weighted by atomic mass is 31.2. The Hall–Kier alpha value is -3.56. The first kappa shape index (κ1) is 32.4. The van der Waals surface area contributed by atoms with Gasteiger partial charge in [-0.05, 0) is 32.2 Å². The van der Waals surface area contributed by atoms with Crippen molar-refractivity contribution in [3.05, 3.63) is 75.3 Å². The predicted molar refractivity (Wildman–Crippen MR) is 143 cm³/mol. The molecule has 6 atom stereocenters. The summed E-state index contributed by atoms with van der Waals surface area (Å²) < 4.78 is 92.8. The largest absolute Gasteiger partial charge is 0.462 e. The number of carbonyl (C=O) groups is 1. The number of ether oxygens (including phenoxy) is 2. The molecular formula is C26H28F4N3O9P. The van der Waals surface area contributed by atoms with E-state index in [1.54, 1.807) is 35.3 Å². The maximum atomic E-state index is 14.5. The molecule has 1 fully saturated rings. The SMILES string of the molecule is CC(C)OC(=O)[C@H](C)N[P@](=O)(Oc1cccc2ccccc12)O[C@@H]([C@H]1O[C@@H](n2cc(F)c(=O)[nH]c2=O)CC1O)C(F)(F)F. The third-order valence-electron chi connectivity index (χ3n) is 6.27. The second-order valence-electron chi connectivity index (χ2n) is 9.97. The molecule has 43 heavy (non-hydrogen) atoms. The molecule has 12 nitrogen and oxygen atoms in total. The topological polar surface area (TPSA) is 158 Å². The van der Waals surface area contributed by atoms with Gasteiger partial charge in [-0.1, -0.05) is 36.4 Å². The van der Waals surface area contributed by atoms with E-state index in [0.717, 1.165) is 0 Å². The molecule has 2 aromatic carbocycles. The van der Waals surface area contributed by atoms with Crippen LogP contribution in [0.1, 0.15) is 33.4 Å². The van der Waals surface area contributed by atoms with Crippen molar-refractivity contribution in [1.29, 1.82) is 0 Å². The van der Waals surface area contributed by atoms with Crippen LogP contribution in [0.5, 0.6) is 5.75 Å². The maximum absolute atomic E-state index is 14.5. The Morgan fingerprint density at radius 1 is 1.16 bits per heavy atom. The van der Waals surface area contributed by atoms with Gasteiger partial charge in [-0.25, -0.2) is 9.36 Å². The third kappa shape index (κ3) is 7.51. The molecule has 0 radical (unpaired) electrons. The fraction of sp³-hybridized carbons (Fsp3) is 0.423. The monoisotopic (exact) mass is 633 g/mol. The number of esters is 1. The Balaban J connectivity index is 1.71. The van der Waals surface area contributed by atoms with Gasteiger partial charge in [0.25, 0.3) is 5.56 Å². The van der Waals surface area contributed by atoms with Gasteiger partial charge in [-0.3, -0.25) is 23.7 Å². The summed E-state index contributed by atoms with van der Waals surface area (Å²) >= 11 is 0. The summed E-state index contributed by atoms with van der Waals surface area (Å²) in [6.45, 7) is 4.23. The number of nitrogens with one attached hydrogen (secondary N) is 2. The zero-order chi connectivity index (χ0) is 31.7. The zero-order valence-electron chi connectivity index (χ0n) is 22.9. The van der Waals surface area contributed by atoms with Crippen LogP contribution >= 0.6 is 7.75 Å². The molecular weight excluding hydrogens is 605 g/mol. The lowest BCUT2D eigenvalue weighted by atomic mass is 10.1. The molecule has 1 aromatic heterocycles. The summed E-state index contributed by atoms with van der Waals surface area (Å²) in [7, 11) is -5.18. The minimum absolute atomic E-state index is 0.152. The number of fused-ring (bicyclic) bond motifs is 1. The third-order valence-corrected chi connectivity index (χ3v) is 7.92. The van der Waals surface area contributed by atoms with E-state index < -0.39 is 80.1 Å². The molecule has 1 aliphatic rings. The van der Waals surface area contributed by atoms with Gasteiger partial charge < -0.3 is 19.1 Å². The quantitative estimate of drug-likeness (QED) is 0.171. The summed E-state index contributed by atoms with van der Waals surface area (Å²) in [6, 6.07) is 9.53. The maximum Gasteiger partial charge on any atom is 0.460 e. The zero-order valence-corrected chi connectivity index (χ0v) is 23.8. The average Bonchev–Trinajstić information content (AvgIpc) is 3.29. The number of hydrogen-bond acceptors (Lipinski definition) is 9. The molecule has 1 aliphatic heterocycles. The van der Waals surface area contributed by atoms with Crippen molar-refractivity contribution in [2.45, 2.75) is 70.1 Å². The van der Waals surface area contributed by atoms with Gasteiger partial charge in [-0.2, -0.15) is 22.6 Å². The fourth-order valence-corrected chi connectivity index (χ4v) is 6.05. The van der Waals surface area contributed by atoms with Gasteiger partial charge in [0.05, 0.1) is 18.4 Å². The van der Waals surface area contributed by atoms with Crippen LogP contribution in [0, 0.1) is 5.82 Å². The van der Waals surface area contributed by atoms with Crippen molar-refractivity contribution in [3.8, 4) is 5.75 Å². The second kappa shape index (κ2) is 12.6. The van der Waals surface area contributed by atoms with Crippen molar-refractivity contribution in [2.75, 3.05) is 0 Å². The van der Waals surface area contributed by atoms with Crippen LogP contribution in [0.15, 0.2) is 58.3 Å². The molecule has 17 heteroatoms. The number of benzene rings is 2. The van der Waals surface area contributed by atoms with E-state index in [4.69, 9.17) is 18.5 Å². The number of alkyl halides is 3. The molecule has 0 amide bonds. The van der Waals surface area contributed by atoms with Gasteiger partial charge in [0, 0.05) is 11.8 Å². The van der Waals surface area contributed by atoms with Crippen molar-refractivity contribution >= 4 is 24.5 Å². The minimum Gasteiger partial charge on any atom is -0.462 e. The fourth-order valence-electron chi connectivity index (χ4n) is 4.36. The Morgan fingerprint density at radius 3 is 2.51 bits per heavy atom. The summed E-state index contributed by atoms with van der Waals surface area (Å²) in [6.07, 6.45) is -15.3. The van der Waals surface area contributed by atoms with Crippen LogP contribution in [0.2, 0.25) is 0 Å². The van der Waals surface area contributed by atoms with Gasteiger partial charge >= 0.3 is 25.6 Å². The molecule has 0 aliphatic carbocycles. The van der Waals surface area contributed by atoms with Crippen molar-refractivity contribution in [1.82, 2.24) is 14.6 Å². The number of aliphatic hydroxyl groups excluding tert-OH is 1. The Bertz CT molecular complexity index is 1640. The highest BCUT2D eigenvalue weighted by molar-refractivity contribution is 7.52. The van der Waals surface area contributed by atoms with E-state index in [2.05, 4.69) is 5.09 Å². The van der Waals surface area contributed by atoms with Crippen LogP contribution in [0.4, 0.5) is 17.6 Å². The Labute approximate surface area is 241 Å². The number of H-pyrrole nitrogens is 1. The molecule has 3 aromatic rings. The van der Waals surface area contributed by atoms with Crippen molar-refractivity contribution in [3.63, 3.8) is 0 Å². The summed E-state index contributed by atoms with van der Waals surface area (Å²) in [5.41, 5.74) is -2.58. The number of nitrogens with zero attached hydrogens (tertiary/aromatic N) is 1. The Kier molecular flexibility index (Phi) is 9.47. The van der Waals surface area contributed by atoms with Crippen LogP contribution in [0.3, 0.4) is 0 Å². The number of hydrogen-bond donors (Lipinski definition) is 3. The van der Waals surface area contributed by atoms with Crippen LogP contribution in [-0.2, 0) is 23.4 Å². The van der Waals surface area contributed by atoms with Crippen LogP contribution in [-0.4, -0.2) is 57.3 Å². The summed E-state index contributed by atoms with van der Waals surface area (Å²) in [5.74, 6) is -2.55. The lowest BCUT2D eigenvalue weighted by Crippen LogP contribution is -2.48. The van der Waals surface area contributed by atoms with Gasteiger partial charge in [0.15, 0.2) is 6.10 Å². The molecule has 0 bridgehead atoms. The van der Waals surface area contributed by atoms with Crippen molar-refractivity contribution in [2.24, 2.45) is 0 Å². The first-order valence-corrected chi connectivity index (χ1v) is 14.5. The highest BCUT2D eigenvalue weighted by Crippen LogP contribution is 2.51. The van der Waals surface area contributed by atoms with E-state index in [-0.39, 0.29) is 5.75 Å². The van der Waals surface area contributed by atoms with Gasteiger partial charge in [0.1, 0.15) is 24.1 Å². The van der Waals surface area contributed by atoms with Crippen molar-refractivity contribution < 1.29 is 50.5 Å². The molecule has 4 rings (SSSR count). The highest BCUT2D eigenvalue weighted by Gasteiger charge is 2.56. The van der Waals surface area contributed by atoms with E-state index in [0.29, 0.717) is 21.5 Å². The standard InChI is InChI=1S/C26H28F4N3O9P/c1-13(2)39-24(36)14(3)32-43(38,41-19-10-6-8-15-7-4-5-9-16(15)19)42-22(26(28,29)30)21-18(34)11-20(40-21)33-12-17(27)23(35)31-25(33)37/h4-10,12-14,18,20-22,34H,11H2,1-3H3,(H,32,38)(H,31,35,37)/t14-,18?,20+,21-,22-,43-/m0/s1. The first-order valence-electron chi connectivity index (χ1n) is 12.9. The van der Waals surface area contributed by atoms with Crippen LogP contribution in [0.25, 0.3) is 10.8 Å². The number of aromatic amines is 1. The number of rotatable bonds is 10. The lowest BCUT2D eigenvalue weighted by molar-refractivity contribution is -0.237. The second-order valence-corrected chi connectivity index (χ2v) is 11.6. The molecule has 1 unspecified atom stereocenters.